The summed E-state index contributed by atoms with van der Waals surface area (Å²) in [6, 6.07) is 0.0301. The van der Waals surface area contributed by atoms with Crippen LogP contribution in [0.25, 0.3) is 0 Å². The van der Waals surface area contributed by atoms with Crippen molar-refractivity contribution in [3.05, 3.63) is 28.8 Å². The van der Waals surface area contributed by atoms with Gasteiger partial charge in [0.1, 0.15) is 5.69 Å². The predicted octanol–water partition coefficient (Wildman–Crippen LogP) is 3.28. The number of hydrogen-bond acceptors (Lipinski definition) is 3. The summed E-state index contributed by atoms with van der Waals surface area (Å²) in [5.74, 6) is -2.79. The number of esters is 1. The summed E-state index contributed by atoms with van der Waals surface area (Å²) >= 11 is 0. The van der Waals surface area contributed by atoms with Crippen molar-refractivity contribution in [1.29, 1.82) is 0 Å². The Morgan fingerprint density at radius 1 is 1.40 bits per heavy atom. The first-order chi connectivity index (χ1) is 9.16. The molecular formula is C11H9F6NO2. The van der Waals surface area contributed by atoms with Crippen LogP contribution in [0.3, 0.4) is 0 Å². The van der Waals surface area contributed by atoms with Crippen molar-refractivity contribution < 1.29 is 35.9 Å². The van der Waals surface area contributed by atoms with Crippen LogP contribution >= 0.6 is 0 Å². The van der Waals surface area contributed by atoms with Crippen molar-refractivity contribution in [2.75, 3.05) is 6.61 Å². The molecule has 3 nitrogen and oxygen atoms in total. The zero-order valence-corrected chi connectivity index (χ0v) is 10.1. The lowest BCUT2D eigenvalue weighted by atomic mass is 10.1. The third kappa shape index (κ3) is 3.84. The summed E-state index contributed by atoms with van der Waals surface area (Å²) in [7, 11) is 0. The number of aromatic nitrogens is 1. The summed E-state index contributed by atoms with van der Waals surface area (Å²) in [5, 5.41) is 0. The zero-order valence-electron chi connectivity index (χ0n) is 10.1. The first-order valence-corrected chi connectivity index (χ1v) is 5.37. The molecular weight excluding hydrogens is 292 g/mol. The van der Waals surface area contributed by atoms with Crippen LogP contribution in [0, 0.1) is 5.95 Å². The maximum absolute atomic E-state index is 13.4. The molecule has 1 rings (SSSR count). The van der Waals surface area contributed by atoms with E-state index in [-0.39, 0.29) is 12.7 Å². The van der Waals surface area contributed by atoms with Crippen LogP contribution in [0.2, 0.25) is 0 Å². The van der Waals surface area contributed by atoms with Gasteiger partial charge < -0.3 is 4.74 Å². The van der Waals surface area contributed by atoms with E-state index < -0.39 is 47.8 Å². The van der Waals surface area contributed by atoms with E-state index in [2.05, 4.69) is 9.72 Å². The van der Waals surface area contributed by atoms with Crippen LogP contribution in [-0.4, -0.2) is 17.6 Å². The molecule has 9 heteroatoms. The van der Waals surface area contributed by atoms with Crippen LogP contribution in [0.1, 0.15) is 30.2 Å². The Balaban J connectivity index is 3.27. The molecule has 20 heavy (non-hydrogen) atoms. The van der Waals surface area contributed by atoms with Gasteiger partial charge in [-0.3, -0.25) is 4.79 Å². The summed E-state index contributed by atoms with van der Waals surface area (Å²) in [4.78, 5) is 13.7. The van der Waals surface area contributed by atoms with Crippen LogP contribution in [0.5, 0.6) is 0 Å². The lowest BCUT2D eigenvalue weighted by Gasteiger charge is -2.13. The highest BCUT2D eigenvalue weighted by Crippen LogP contribution is 2.33. The van der Waals surface area contributed by atoms with Gasteiger partial charge in [-0.15, -0.1) is 0 Å². The van der Waals surface area contributed by atoms with E-state index in [0.717, 1.165) is 0 Å². The number of rotatable bonds is 4. The number of carbonyl (C=O) groups excluding carboxylic acids is 1. The molecule has 1 aromatic heterocycles. The summed E-state index contributed by atoms with van der Waals surface area (Å²) in [6.45, 7) is 1.37. The van der Waals surface area contributed by atoms with Gasteiger partial charge >= 0.3 is 12.1 Å². The first kappa shape index (κ1) is 16.3. The lowest BCUT2D eigenvalue weighted by molar-refractivity contribution is -0.142. The van der Waals surface area contributed by atoms with Gasteiger partial charge in [0.2, 0.25) is 5.95 Å². The molecule has 1 heterocycles. The number of halogens is 6. The summed E-state index contributed by atoms with van der Waals surface area (Å²) in [5.41, 5.74) is -3.90. The molecule has 0 saturated carbocycles. The van der Waals surface area contributed by atoms with Crippen molar-refractivity contribution in [2.24, 2.45) is 0 Å². The van der Waals surface area contributed by atoms with Gasteiger partial charge in [0, 0.05) is 11.1 Å². The Kier molecular flexibility index (Phi) is 4.96. The number of nitrogens with zero attached hydrogens (tertiary/aromatic N) is 1. The number of carbonyl (C=O) groups is 1. The third-order valence-corrected chi connectivity index (χ3v) is 2.26. The molecule has 0 bridgehead atoms. The molecule has 0 aliphatic carbocycles. The average Bonchev–Trinajstić information content (AvgIpc) is 2.30. The fourth-order valence-corrected chi connectivity index (χ4v) is 1.43. The molecule has 0 saturated heterocycles. The maximum atomic E-state index is 13.4. The minimum Gasteiger partial charge on any atom is -0.466 e. The Hall–Kier alpha value is -1.80. The highest BCUT2D eigenvalue weighted by molar-refractivity contribution is 5.73. The number of ether oxygens (including phenoxy) is 1. The topological polar surface area (TPSA) is 39.2 Å². The lowest BCUT2D eigenvalue weighted by Crippen LogP contribution is -2.16. The quantitative estimate of drug-likeness (QED) is 0.487. The Morgan fingerprint density at radius 3 is 2.45 bits per heavy atom. The van der Waals surface area contributed by atoms with Crippen molar-refractivity contribution in [1.82, 2.24) is 4.98 Å². The molecule has 0 N–H and O–H groups in total. The Bertz CT molecular complexity index is 500. The predicted molar refractivity (Wildman–Crippen MR) is 54.5 cm³/mol. The van der Waals surface area contributed by atoms with E-state index in [0.29, 0.717) is 0 Å². The van der Waals surface area contributed by atoms with Crippen LogP contribution in [0.15, 0.2) is 6.07 Å². The Morgan fingerprint density at radius 2 is 2.00 bits per heavy atom. The van der Waals surface area contributed by atoms with Crippen LogP contribution in [0.4, 0.5) is 26.3 Å². The number of alkyl halides is 5. The molecule has 0 atom stereocenters. The van der Waals surface area contributed by atoms with E-state index in [4.69, 9.17) is 0 Å². The monoisotopic (exact) mass is 301 g/mol. The van der Waals surface area contributed by atoms with Crippen molar-refractivity contribution in [3.63, 3.8) is 0 Å². The zero-order chi connectivity index (χ0) is 15.5. The highest BCUT2D eigenvalue weighted by Gasteiger charge is 2.35. The number of hydrogen-bond donors (Lipinski definition) is 0. The standard InChI is InChI=1S/C11H9F6NO2/c1-2-20-8(19)4-6-5(9(12)13)3-7(11(15,16)17)18-10(6)14/h3,9H,2,4H2,1H3. The number of pyridine rings is 1. The molecule has 0 aliphatic heterocycles. The van der Waals surface area contributed by atoms with E-state index in [9.17, 15) is 31.1 Å². The molecule has 0 spiro atoms. The SMILES string of the molecule is CCOC(=O)Cc1c(C(F)F)cc(C(F)(F)F)nc1F. The molecule has 112 valence electrons. The van der Waals surface area contributed by atoms with Gasteiger partial charge in [0.05, 0.1) is 13.0 Å². The first-order valence-electron chi connectivity index (χ1n) is 5.37. The summed E-state index contributed by atoms with van der Waals surface area (Å²) in [6.07, 6.45) is -9.35. The van der Waals surface area contributed by atoms with Crippen LogP contribution < -0.4 is 0 Å². The fraction of sp³-hybridized carbons (Fsp3) is 0.455. The van der Waals surface area contributed by atoms with Gasteiger partial charge in [0.15, 0.2) is 0 Å². The van der Waals surface area contributed by atoms with E-state index in [1.54, 1.807) is 0 Å². The van der Waals surface area contributed by atoms with Crippen molar-refractivity contribution >= 4 is 5.97 Å². The molecule has 0 aromatic carbocycles. The Labute approximate surface area is 109 Å². The van der Waals surface area contributed by atoms with Gasteiger partial charge in [0.25, 0.3) is 6.43 Å². The second-order valence-electron chi connectivity index (χ2n) is 3.65. The van der Waals surface area contributed by atoms with Gasteiger partial charge in [-0.2, -0.15) is 17.6 Å². The summed E-state index contributed by atoms with van der Waals surface area (Å²) < 4.78 is 80.4. The smallest absolute Gasteiger partial charge is 0.433 e. The highest BCUT2D eigenvalue weighted by atomic mass is 19.4. The average molecular weight is 301 g/mol. The minimum absolute atomic E-state index is 0.0301. The largest absolute Gasteiger partial charge is 0.466 e. The van der Waals surface area contributed by atoms with Gasteiger partial charge in [-0.05, 0) is 13.0 Å². The van der Waals surface area contributed by atoms with Gasteiger partial charge in [-0.1, -0.05) is 0 Å². The molecule has 0 radical (unpaired) electrons. The fourth-order valence-electron chi connectivity index (χ4n) is 1.43. The second kappa shape index (κ2) is 6.10. The minimum atomic E-state index is -5.06. The molecule has 0 unspecified atom stereocenters. The second-order valence-corrected chi connectivity index (χ2v) is 3.65. The van der Waals surface area contributed by atoms with E-state index in [1.165, 1.54) is 6.92 Å². The van der Waals surface area contributed by atoms with Gasteiger partial charge in [-0.25, -0.2) is 13.8 Å². The third-order valence-electron chi connectivity index (χ3n) is 2.26. The van der Waals surface area contributed by atoms with Crippen molar-refractivity contribution in [2.45, 2.75) is 25.9 Å². The molecule has 1 aromatic rings. The molecule has 0 amide bonds. The van der Waals surface area contributed by atoms with E-state index >= 15 is 0 Å². The van der Waals surface area contributed by atoms with E-state index in [1.807, 2.05) is 0 Å². The van der Waals surface area contributed by atoms with Crippen LogP contribution in [-0.2, 0) is 22.1 Å². The molecule has 0 fully saturated rings. The maximum Gasteiger partial charge on any atom is 0.433 e. The van der Waals surface area contributed by atoms with Crippen molar-refractivity contribution in [3.8, 4) is 0 Å². The normalized spacial score (nSPS) is 11.8. The molecule has 0 aliphatic rings.